The molecule has 20 heavy (non-hydrogen) atoms. The Balaban J connectivity index is 1.58. The molecular weight excluding hydrogens is 248 g/mol. The fraction of sp³-hybridized carbons (Fsp3) is 0.647. The van der Waals surface area contributed by atoms with Crippen LogP contribution in [-0.4, -0.2) is 25.7 Å². The second kappa shape index (κ2) is 6.04. The maximum absolute atomic E-state index is 5.97. The van der Waals surface area contributed by atoms with Crippen LogP contribution in [-0.2, 0) is 0 Å². The molecule has 3 nitrogen and oxygen atoms in total. The van der Waals surface area contributed by atoms with E-state index in [2.05, 4.69) is 30.0 Å². The molecule has 1 saturated carbocycles. The van der Waals surface area contributed by atoms with Crippen molar-refractivity contribution in [3.63, 3.8) is 0 Å². The van der Waals surface area contributed by atoms with Gasteiger partial charge in [-0.2, -0.15) is 0 Å². The molecule has 0 bridgehead atoms. The number of nitrogens with two attached hydrogens (primary N) is 1. The second-order valence-electron chi connectivity index (χ2n) is 6.35. The average molecular weight is 274 g/mol. The largest absolute Gasteiger partial charge is 0.494 e. The minimum atomic E-state index is 0.386. The Morgan fingerprint density at radius 3 is 2.60 bits per heavy atom. The predicted octanol–water partition coefficient (Wildman–Crippen LogP) is 3.10. The first-order chi connectivity index (χ1) is 9.72. The molecule has 110 valence electrons. The van der Waals surface area contributed by atoms with Crippen LogP contribution in [0.15, 0.2) is 18.2 Å². The van der Waals surface area contributed by atoms with Gasteiger partial charge in [0, 0.05) is 24.8 Å². The zero-order valence-electron chi connectivity index (χ0n) is 12.5. The van der Waals surface area contributed by atoms with Gasteiger partial charge in [-0.1, -0.05) is 12.8 Å². The first-order valence-corrected chi connectivity index (χ1v) is 7.96. The smallest absolute Gasteiger partial charge is 0.119 e. The van der Waals surface area contributed by atoms with E-state index in [1.165, 1.54) is 30.5 Å². The Kier molecular flexibility index (Phi) is 4.16. The Morgan fingerprint density at radius 2 is 1.95 bits per heavy atom. The summed E-state index contributed by atoms with van der Waals surface area (Å²) in [5, 5.41) is 0. The van der Waals surface area contributed by atoms with Gasteiger partial charge < -0.3 is 15.4 Å². The summed E-state index contributed by atoms with van der Waals surface area (Å²) in [7, 11) is 0. The van der Waals surface area contributed by atoms with Crippen molar-refractivity contribution in [3.8, 4) is 5.75 Å². The minimum absolute atomic E-state index is 0.386. The zero-order valence-corrected chi connectivity index (χ0v) is 12.5. The molecule has 3 rings (SSSR count). The Hall–Kier alpha value is -1.22. The SMILES string of the molecule is Cc1cc(OCCC2CC2)ccc1N1CCC(N)CC1. The molecule has 0 spiro atoms. The normalized spacial score (nSPS) is 20.2. The topological polar surface area (TPSA) is 38.5 Å². The monoisotopic (exact) mass is 274 g/mol. The van der Waals surface area contributed by atoms with Crippen LogP contribution in [0.2, 0.25) is 0 Å². The lowest BCUT2D eigenvalue weighted by Gasteiger charge is -2.33. The van der Waals surface area contributed by atoms with E-state index in [0.29, 0.717) is 6.04 Å². The number of hydrogen-bond donors (Lipinski definition) is 1. The zero-order chi connectivity index (χ0) is 13.9. The molecule has 2 aliphatic rings. The van der Waals surface area contributed by atoms with E-state index < -0.39 is 0 Å². The second-order valence-corrected chi connectivity index (χ2v) is 6.35. The summed E-state index contributed by atoms with van der Waals surface area (Å²) < 4.78 is 5.86. The van der Waals surface area contributed by atoms with Gasteiger partial charge in [-0.05, 0) is 55.9 Å². The van der Waals surface area contributed by atoms with Crippen LogP contribution in [0.3, 0.4) is 0 Å². The van der Waals surface area contributed by atoms with Gasteiger partial charge in [0.2, 0.25) is 0 Å². The molecule has 1 aromatic carbocycles. The van der Waals surface area contributed by atoms with Crippen molar-refractivity contribution in [1.82, 2.24) is 0 Å². The third-order valence-corrected chi connectivity index (χ3v) is 4.54. The molecule has 3 heteroatoms. The summed E-state index contributed by atoms with van der Waals surface area (Å²) in [5.41, 5.74) is 8.62. The summed E-state index contributed by atoms with van der Waals surface area (Å²) in [4.78, 5) is 2.45. The van der Waals surface area contributed by atoms with E-state index >= 15 is 0 Å². The minimum Gasteiger partial charge on any atom is -0.494 e. The summed E-state index contributed by atoms with van der Waals surface area (Å²) in [6, 6.07) is 6.88. The number of piperidine rings is 1. The summed E-state index contributed by atoms with van der Waals surface area (Å²) in [6.45, 7) is 5.19. The lowest BCUT2D eigenvalue weighted by molar-refractivity contribution is 0.302. The molecular formula is C17H26N2O. The third-order valence-electron chi connectivity index (χ3n) is 4.54. The van der Waals surface area contributed by atoms with Crippen molar-refractivity contribution < 1.29 is 4.74 Å². The third kappa shape index (κ3) is 3.45. The maximum atomic E-state index is 5.97. The quantitative estimate of drug-likeness (QED) is 0.896. The summed E-state index contributed by atoms with van der Waals surface area (Å²) >= 11 is 0. The molecule has 1 heterocycles. The lowest BCUT2D eigenvalue weighted by Crippen LogP contribution is -2.39. The highest BCUT2D eigenvalue weighted by Gasteiger charge is 2.21. The number of benzene rings is 1. The van der Waals surface area contributed by atoms with Crippen molar-refractivity contribution in [2.24, 2.45) is 11.7 Å². The van der Waals surface area contributed by atoms with Gasteiger partial charge in [0.05, 0.1) is 6.61 Å². The molecule has 1 aliphatic heterocycles. The number of anilines is 1. The first-order valence-electron chi connectivity index (χ1n) is 7.96. The van der Waals surface area contributed by atoms with E-state index in [0.717, 1.165) is 44.2 Å². The highest BCUT2D eigenvalue weighted by atomic mass is 16.5. The van der Waals surface area contributed by atoms with Gasteiger partial charge in [0.1, 0.15) is 5.75 Å². The Bertz CT molecular complexity index is 448. The molecule has 0 atom stereocenters. The number of aryl methyl sites for hydroxylation is 1. The van der Waals surface area contributed by atoms with E-state index in [1.807, 2.05) is 0 Å². The van der Waals surface area contributed by atoms with Crippen LogP contribution >= 0.6 is 0 Å². The molecule has 1 saturated heterocycles. The van der Waals surface area contributed by atoms with Gasteiger partial charge in [0.15, 0.2) is 0 Å². The fourth-order valence-electron chi connectivity index (χ4n) is 2.96. The molecule has 2 N–H and O–H groups in total. The average Bonchev–Trinajstić information content (AvgIpc) is 3.25. The summed E-state index contributed by atoms with van der Waals surface area (Å²) in [5.74, 6) is 1.95. The molecule has 0 radical (unpaired) electrons. The van der Waals surface area contributed by atoms with Crippen LogP contribution in [0.25, 0.3) is 0 Å². The summed E-state index contributed by atoms with van der Waals surface area (Å²) in [6.07, 6.45) is 6.21. The van der Waals surface area contributed by atoms with Crippen LogP contribution < -0.4 is 15.4 Å². The van der Waals surface area contributed by atoms with Crippen LogP contribution in [0.5, 0.6) is 5.75 Å². The van der Waals surface area contributed by atoms with Crippen LogP contribution in [0, 0.1) is 12.8 Å². The number of nitrogens with zero attached hydrogens (tertiary/aromatic N) is 1. The van der Waals surface area contributed by atoms with Crippen molar-refractivity contribution in [1.29, 1.82) is 0 Å². The van der Waals surface area contributed by atoms with Gasteiger partial charge in [0.25, 0.3) is 0 Å². The molecule has 0 unspecified atom stereocenters. The molecule has 0 aromatic heterocycles. The van der Waals surface area contributed by atoms with Crippen LogP contribution in [0.4, 0.5) is 5.69 Å². The highest BCUT2D eigenvalue weighted by molar-refractivity contribution is 5.56. The van der Waals surface area contributed by atoms with Crippen molar-refractivity contribution in [2.45, 2.75) is 45.1 Å². The van der Waals surface area contributed by atoms with Crippen molar-refractivity contribution >= 4 is 5.69 Å². The van der Waals surface area contributed by atoms with E-state index in [-0.39, 0.29) is 0 Å². The highest BCUT2D eigenvalue weighted by Crippen LogP contribution is 2.32. The molecule has 0 amide bonds. The molecule has 1 aromatic rings. The van der Waals surface area contributed by atoms with Gasteiger partial charge in [-0.25, -0.2) is 0 Å². The van der Waals surface area contributed by atoms with Gasteiger partial charge >= 0.3 is 0 Å². The van der Waals surface area contributed by atoms with Gasteiger partial charge in [-0.3, -0.25) is 0 Å². The van der Waals surface area contributed by atoms with Gasteiger partial charge in [-0.15, -0.1) is 0 Å². The lowest BCUT2D eigenvalue weighted by atomic mass is 10.0. The van der Waals surface area contributed by atoms with Crippen molar-refractivity contribution in [2.75, 3.05) is 24.6 Å². The number of hydrogen-bond acceptors (Lipinski definition) is 3. The van der Waals surface area contributed by atoms with Crippen molar-refractivity contribution in [3.05, 3.63) is 23.8 Å². The fourth-order valence-corrected chi connectivity index (χ4v) is 2.96. The number of ether oxygens (including phenoxy) is 1. The van der Waals surface area contributed by atoms with E-state index in [9.17, 15) is 0 Å². The molecule has 2 fully saturated rings. The maximum Gasteiger partial charge on any atom is 0.119 e. The van der Waals surface area contributed by atoms with E-state index in [1.54, 1.807) is 0 Å². The number of rotatable bonds is 5. The predicted molar refractivity (Wildman–Crippen MR) is 83.4 cm³/mol. The Morgan fingerprint density at radius 1 is 1.20 bits per heavy atom. The standard InChI is InChI=1S/C17H26N2O/c1-13-12-16(20-11-8-14-2-3-14)4-5-17(13)19-9-6-15(18)7-10-19/h4-5,12,14-15H,2-3,6-11,18H2,1H3. The molecule has 1 aliphatic carbocycles. The van der Waals surface area contributed by atoms with E-state index in [4.69, 9.17) is 10.5 Å². The van der Waals surface area contributed by atoms with Crippen LogP contribution in [0.1, 0.15) is 37.7 Å². The Labute approximate surface area is 122 Å². The first kappa shape index (κ1) is 13.7.